The number of aryl methyl sites for hydroxylation is 1. The van der Waals surface area contributed by atoms with Crippen LogP contribution in [0.2, 0.25) is 0 Å². The first kappa shape index (κ1) is 16.5. The van der Waals surface area contributed by atoms with Gasteiger partial charge in [0.15, 0.2) is 0 Å². The second-order valence-electron chi connectivity index (χ2n) is 5.69. The lowest BCUT2D eigenvalue weighted by atomic mass is 9.91. The van der Waals surface area contributed by atoms with Crippen LogP contribution >= 0.6 is 0 Å². The molecule has 1 aliphatic heterocycles. The molecule has 0 aliphatic carbocycles. The van der Waals surface area contributed by atoms with Crippen LogP contribution in [0.15, 0.2) is 12.4 Å². The van der Waals surface area contributed by atoms with Gasteiger partial charge in [-0.3, -0.25) is 0 Å². The zero-order valence-corrected chi connectivity index (χ0v) is 13.9. The van der Waals surface area contributed by atoms with E-state index in [2.05, 4.69) is 28.7 Å². The predicted molar refractivity (Wildman–Crippen MR) is 83.3 cm³/mol. The molecule has 2 heterocycles. The highest BCUT2D eigenvalue weighted by Gasteiger charge is 2.31. The van der Waals surface area contributed by atoms with Crippen LogP contribution in [0, 0.1) is 5.92 Å². The minimum Gasteiger partial charge on any atom is -0.334 e. The molecule has 1 aliphatic rings. The van der Waals surface area contributed by atoms with E-state index in [-0.39, 0.29) is 0 Å². The van der Waals surface area contributed by atoms with Gasteiger partial charge in [0.25, 0.3) is 0 Å². The Morgan fingerprint density at radius 1 is 1.43 bits per heavy atom. The van der Waals surface area contributed by atoms with Gasteiger partial charge in [0.2, 0.25) is 10.0 Å². The van der Waals surface area contributed by atoms with Crippen molar-refractivity contribution in [2.24, 2.45) is 5.92 Å². The Bertz CT molecular complexity index is 555. The minimum atomic E-state index is -3.07. The van der Waals surface area contributed by atoms with Crippen molar-refractivity contribution in [1.29, 1.82) is 0 Å². The van der Waals surface area contributed by atoms with E-state index < -0.39 is 10.0 Å². The third-order valence-corrected chi connectivity index (χ3v) is 5.62. The van der Waals surface area contributed by atoms with Gasteiger partial charge < -0.3 is 9.88 Å². The van der Waals surface area contributed by atoms with Crippen molar-refractivity contribution >= 4 is 10.0 Å². The Balaban J connectivity index is 1.95. The van der Waals surface area contributed by atoms with Gasteiger partial charge in [-0.25, -0.2) is 17.7 Å². The van der Waals surface area contributed by atoms with Gasteiger partial charge in [-0.05, 0) is 19.3 Å². The SMILES string of the molecule is CC[C@H]1CN(S(C)(=O)=O)CC[C@H]1NCc1nccn1CC. The van der Waals surface area contributed by atoms with Crippen molar-refractivity contribution in [1.82, 2.24) is 19.2 Å². The largest absolute Gasteiger partial charge is 0.334 e. The summed E-state index contributed by atoms with van der Waals surface area (Å²) in [4.78, 5) is 4.37. The van der Waals surface area contributed by atoms with E-state index in [1.807, 2.05) is 12.4 Å². The molecule has 120 valence electrons. The number of nitrogens with zero attached hydrogens (tertiary/aromatic N) is 3. The van der Waals surface area contributed by atoms with Gasteiger partial charge in [0.1, 0.15) is 5.82 Å². The molecule has 1 aromatic rings. The summed E-state index contributed by atoms with van der Waals surface area (Å²) in [5, 5.41) is 3.57. The molecule has 0 spiro atoms. The van der Waals surface area contributed by atoms with Crippen molar-refractivity contribution in [2.45, 2.75) is 45.8 Å². The average molecular weight is 314 g/mol. The number of sulfonamides is 1. The summed E-state index contributed by atoms with van der Waals surface area (Å²) in [7, 11) is -3.07. The van der Waals surface area contributed by atoms with Crippen molar-refractivity contribution in [2.75, 3.05) is 19.3 Å². The van der Waals surface area contributed by atoms with Gasteiger partial charge in [0.05, 0.1) is 12.8 Å². The second kappa shape index (κ2) is 6.89. The molecule has 0 aromatic carbocycles. The van der Waals surface area contributed by atoms with Gasteiger partial charge in [-0.1, -0.05) is 13.3 Å². The van der Waals surface area contributed by atoms with Crippen molar-refractivity contribution in [3.05, 3.63) is 18.2 Å². The van der Waals surface area contributed by atoms with E-state index >= 15 is 0 Å². The summed E-state index contributed by atoms with van der Waals surface area (Å²) in [5.41, 5.74) is 0. The molecule has 0 radical (unpaired) electrons. The third-order valence-electron chi connectivity index (χ3n) is 4.35. The highest BCUT2D eigenvalue weighted by Crippen LogP contribution is 2.22. The van der Waals surface area contributed by atoms with Gasteiger partial charge in [-0.2, -0.15) is 0 Å². The van der Waals surface area contributed by atoms with Crippen LogP contribution in [0.5, 0.6) is 0 Å². The summed E-state index contributed by atoms with van der Waals surface area (Å²) in [6, 6.07) is 0.356. The van der Waals surface area contributed by atoms with Crippen molar-refractivity contribution < 1.29 is 8.42 Å². The fraction of sp³-hybridized carbons (Fsp3) is 0.786. The Morgan fingerprint density at radius 3 is 2.81 bits per heavy atom. The van der Waals surface area contributed by atoms with Gasteiger partial charge in [0, 0.05) is 38.1 Å². The molecule has 0 bridgehead atoms. The lowest BCUT2D eigenvalue weighted by molar-refractivity contribution is 0.200. The van der Waals surface area contributed by atoms with Crippen LogP contribution in [0.4, 0.5) is 0 Å². The van der Waals surface area contributed by atoms with Crippen LogP contribution < -0.4 is 5.32 Å². The number of rotatable bonds is 6. The molecule has 2 rings (SSSR count). The maximum Gasteiger partial charge on any atom is 0.211 e. The Hall–Kier alpha value is -0.920. The zero-order chi connectivity index (χ0) is 15.5. The Labute approximate surface area is 127 Å². The molecule has 1 saturated heterocycles. The highest BCUT2D eigenvalue weighted by atomic mass is 32.2. The van der Waals surface area contributed by atoms with E-state index in [0.717, 1.165) is 31.8 Å². The molecule has 1 N–H and O–H groups in total. The lowest BCUT2D eigenvalue weighted by Crippen LogP contribution is -2.50. The van der Waals surface area contributed by atoms with Gasteiger partial charge in [-0.15, -0.1) is 0 Å². The van der Waals surface area contributed by atoms with E-state index in [9.17, 15) is 8.42 Å². The maximum absolute atomic E-state index is 11.7. The van der Waals surface area contributed by atoms with E-state index in [1.54, 1.807) is 4.31 Å². The molecule has 6 nitrogen and oxygen atoms in total. The quantitative estimate of drug-likeness (QED) is 0.852. The standard InChI is InChI=1S/C14H26N4O2S/c1-4-12-11-18(21(3,19)20)8-6-13(12)16-10-14-15-7-9-17(14)5-2/h7,9,12-13,16H,4-6,8,10-11H2,1-3H3/t12-,13+/m0/s1. The highest BCUT2D eigenvalue weighted by molar-refractivity contribution is 7.88. The number of hydrogen-bond acceptors (Lipinski definition) is 4. The molecule has 2 atom stereocenters. The molecule has 0 saturated carbocycles. The van der Waals surface area contributed by atoms with Crippen LogP contribution in [-0.2, 0) is 23.1 Å². The Kier molecular flexibility index (Phi) is 5.40. The third kappa shape index (κ3) is 4.05. The fourth-order valence-electron chi connectivity index (χ4n) is 3.00. The van der Waals surface area contributed by atoms with Crippen LogP contribution in [-0.4, -0.2) is 47.7 Å². The second-order valence-corrected chi connectivity index (χ2v) is 7.68. The van der Waals surface area contributed by atoms with E-state index in [4.69, 9.17) is 0 Å². The van der Waals surface area contributed by atoms with Crippen LogP contribution in [0.3, 0.4) is 0 Å². The molecule has 21 heavy (non-hydrogen) atoms. The summed E-state index contributed by atoms with van der Waals surface area (Å²) >= 11 is 0. The molecule has 0 amide bonds. The fourth-order valence-corrected chi connectivity index (χ4v) is 3.90. The first-order chi connectivity index (χ1) is 9.95. The number of imidazole rings is 1. The molecule has 1 fully saturated rings. The number of hydrogen-bond donors (Lipinski definition) is 1. The molecular formula is C14H26N4O2S. The molecule has 7 heteroatoms. The topological polar surface area (TPSA) is 67.2 Å². The van der Waals surface area contributed by atoms with Crippen LogP contribution in [0.1, 0.15) is 32.5 Å². The first-order valence-corrected chi connectivity index (χ1v) is 9.49. The summed E-state index contributed by atoms with van der Waals surface area (Å²) in [6.07, 6.45) is 6.94. The minimum absolute atomic E-state index is 0.356. The number of nitrogens with one attached hydrogen (secondary N) is 1. The zero-order valence-electron chi connectivity index (χ0n) is 13.1. The Morgan fingerprint density at radius 2 is 2.19 bits per heavy atom. The van der Waals surface area contributed by atoms with Gasteiger partial charge >= 0.3 is 0 Å². The smallest absolute Gasteiger partial charge is 0.211 e. The van der Waals surface area contributed by atoms with Crippen molar-refractivity contribution in [3.63, 3.8) is 0 Å². The number of aromatic nitrogens is 2. The summed E-state index contributed by atoms with van der Waals surface area (Å²) in [5.74, 6) is 1.40. The lowest BCUT2D eigenvalue weighted by Gasteiger charge is -2.37. The average Bonchev–Trinajstić information content (AvgIpc) is 2.91. The molecule has 0 unspecified atom stereocenters. The maximum atomic E-state index is 11.7. The molecular weight excluding hydrogens is 288 g/mol. The van der Waals surface area contributed by atoms with Crippen molar-refractivity contribution in [3.8, 4) is 0 Å². The molecule has 1 aromatic heterocycles. The monoisotopic (exact) mass is 314 g/mol. The van der Waals surface area contributed by atoms with Crippen LogP contribution in [0.25, 0.3) is 0 Å². The van der Waals surface area contributed by atoms with E-state index in [1.165, 1.54) is 6.26 Å². The normalized spacial score (nSPS) is 24.3. The van der Waals surface area contributed by atoms with E-state index in [0.29, 0.717) is 25.0 Å². The predicted octanol–water partition coefficient (Wildman–Crippen LogP) is 1.05. The summed E-state index contributed by atoms with van der Waals surface area (Å²) < 4.78 is 27.1. The summed E-state index contributed by atoms with van der Waals surface area (Å²) in [6.45, 7) is 7.11. The number of piperidine rings is 1. The first-order valence-electron chi connectivity index (χ1n) is 7.64.